The van der Waals surface area contributed by atoms with Gasteiger partial charge in [-0.15, -0.1) is 0 Å². The minimum atomic E-state index is -4.43. The van der Waals surface area contributed by atoms with Crippen LogP contribution in [0.4, 0.5) is 0 Å². The van der Waals surface area contributed by atoms with Crippen molar-refractivity contribution in [3.8, 4) is 0 Å². The van der Waals surface area contributed by atoms with E-state index in [1.165, 1.54) is 6.08 Å². The van der Waals surface area contributed by atoms with Gasteiger partial charge in [-0.2, -0.15) is 8.42 Å². The fraction of sp³-hybridized carbons (Fsp3) is 0.500. The summed E-state index contributed by atoms with van der Waals surface area (Å²) in [5, 5.41) is 8.45. The first kappa shape index (κ1) is 23.7. The summed E-state index contributed by atoms with van der Waals surface area (Å²) in [5.74, 6) is -4.76. The Hall–Kier alpha value is 0.590. The van der Waals surface area contributed by atoms with Gasteiger partial charge in [0, 0.05) is 0 Å². The van der Waals surface area contributed by atoms with Crippen LogP contribution in [0.1, 0.15) is 9.27 Å². The van der Waals surface area contributed by atoms with Crippen LogP contribution in [0.15, 0.2) is 12.7 Å². The van der Waals surface area contributed by atoms with Crippen LogP contribution in [-0.2, 0) is 24.4 Å². The van der Waals surface area contributed by atoms with E-state index in [0.717, 1.165) is 0 Å². The van der Waals surface area contributed by atoms with Crippen molar-refractivity contribution in [3.05, 3.63) is 12.7 Å². The van der Waals surface area contributed by atoms with Crippen molar-refractivity contribution in [2.45, 2.75) is 6.42 Å². The summed E-state index contributed by atoms with van der Waals surface area (Å²) in [6.07, 6.45) is 0.527. The van der Waals surface area contributed by atoms with Gasteiger partial charge in [-0.1, -0.05) is 12.7 Å². The van der Waals surface area contributed by atoms with Crippen molar-refractivity contribution in [2.24, 2.45) is 5.92 Å². The van der Waals surface area contributed by atoms with Crippen LogP contribution in [0, 0.1) is 5.92 Å². The molecule has 0 fully saturated rings. The zero-order chi connectivity index (χ0) is 12.8. The minimum Gasteiger partial charge on any atom is -1.00 e. The van der Waals surface area contributed by atoms with Crippen molar-refractivity contribution in [2.75, 3.05) is 12.4 Å². The standard InChI is InChI=1S/C8H12O7S.2Na.2H/c1-2-3-15-8(11)6(4-7(9)10)5-16(12,13)14;;;;/h2,6H,1,3-5H2,(H,9,10)(H,12,13,14);;;;/q;2*+1;2*-1. The third-order valence-corrected chi connectivity index (χ3v) is 2.33. The van der Waals surface area contributed by atoms with Gasteiger partial charge in [0.15, 0.2) is 0 Å². The second-order valence-electron chi connectivity index (χ2n) is 2.96. The quantitative estimate of drug-likeness (QED) is 0.208. The zero-order valence-corrected chi connectivity index (χ0v) is 15.1. The van der Waals surface area contributed by atoms with E-state index in [9.17, 15) is 18.0 Å². The second-order valence-corrected chi connectivity index (χ2v) is 4.46. The summed E-state index contributed by atoms with van der Waals surface area (Å²) in [6.45, 7) is 3.11. The summed E-state index contributed by atoms with van der Waals surface area (Å²) in [4.78, 5) is 21.6. The minimum absolute atomic E-state index is 0. The van der Waals surface area contributed by atoms with E-state index in [2.05, 4.69) is 11.3 Å². The van der Waals surface area contributed by atoms with E-state index < -0.39 is 40.1 Å². The van der Waals surface area contributed by atoms with Crippen molar-refractivity contribution in [1.82, 2.24) is 0 Å². The molecule has 0 aliphatic carbocycles. The Balaban J connectivity index is -0.000000187. The van der Waals surface area contributed by atoms with Gasteiger partial charge >= 0.3 is 71.1 Å². The summed E-state index contributed by atoms with van der Waals surface area (Å²) in [6, 6.07) is 0. The number of hydrogen-bond donors (Lipinski definition) is 2. The Morgan fingerprint density at radius 2 is 1.89 bits per heavy atom. The Bertz CT molecular complexity index is 388. The molecule has 0 radical (unpaired) electrons. The molecular weight excluding hydrogens is 286 g/mol. The van der Waals surface area contributed by atoms with Crippen molar-refractivity contribution in [1.29, 1.82) is 0 Å². The van der Waals surface area contributed by atoms with E-state index in [4.69, 9.17) is 9.66 Å². The van der Waals surface area contributed by atoms with Gasteiger partial charge in [-0.3, -0.25) is 14.1 Å². The van der Waals surface area contributed by atoms with Crippen molar-refractivity contribution < 1.29 is 94.4 Å². The molecule has 0 heterocycles. The van der Waals surface area contributed by atoms with Crippen LogP contribution in [-0.4, -0.2) is 42.4 Å². The Kier molecular flexibility index (Phi) is 15.0. The van der Waals surface area contributed by atoms with Gasteiger partial charge in [0.25, 0.3) is 10.1 Å². The number of rotatable bonds is 7. The number of esters is 1. The first-order valence-electron chi connectivity index (χ1n) is 4.20. The Morgan fingerprint density at radius 1 is 1.39 bits per heavy atom. The molecule has 0 aromatic carbocycles. The molecule has 0 aromatic heterocycles. The number of carboxylic acids is 1. The van der Waals surface area contributed by atoms with Crippen LogP contribution in [0.25, 0.3) is 0 Å². The molecule has 96 valence electrons. The first-order chi connectivity index (χ1) is 7.26. The number of carbonyl (C=O) groups is 2. The van der Waals surface area contributed by atoms with Crippen LogP contribution in [0.2, 0.25) is 0 Å². The average Bonchev–Trinajstić information content (AvgIpc) is 2.10. The van der Waals surface area contributed by atoms with Gasteiger partial charge in [-0.25, -0.2) is 0 Å². The molecule has 1 unspecified atom stereocenters. The zero-order valence-electron chi connectivity index (χ0n) is 12.3. The molecule has 10 heteroatoms. The Labute approximate surface area is 152 Å². The molecule has 0 aromatic rings. The monoisotopic (exact) mass is 300 g/mol. The molecule has 0 rings (SSSR count). The number of hydrogen-bond acceptors (Lipinski definition) is 5. The molecular formula is C8H14Na2O7S. The van der Waals surface area contributed by atoms with Crippen molar-refractivity contribution in [3.63, 3.8) is 0 Å². The van der Waals surface area contributed by atoms with Gasteiger partial charge < -0.3 is 12.7 Å². The Morgan fingerprint density at radius 3 is 2.22 bits per heavy atom. The SMILES string of the molecule is C=CCOC(=O)C(CC(=O)O)CS(=O)(=O)O.[H-].[H-].[Na+].[Na+]. The van der Waals surface area contributed by atoms with Gasteiger partial charge in [0.2, 0.25) is 0 Å². The molecule has 0 aliphatic rings. The second kappa shape index (κ2) is 11.4. The molecule has 0 spiro atoms. The summed E-state index contributed by atoms with van der Waals surface area (Å²) in [7, 11) is -4.43. The first-order valence-corrected chi connectivity index (χ1v) is 5.81. The number of carboxylic acid groups (broad SMARTS) is 1. The van der Waals surface area contributed by atoms with Gasteiger partial charge in [-0.05, 0) is 0 Å². The molecule has 7 nitrogen and oxygen atoms in total. The van der Waals surface area contributed by atoms with Crippen LogP contribution in [0.5, 0.6) is 0 Å². The molecule has 0 amide bonds. The summed E-state index contributed by atoms with van der Waals surface area (Å²) < 4.78 is 34.1. The average molecular weight is 300 g/mol. The van der Waals surface area contributed by atoms with E-state index >= 15 is 0 Å². The molecule has 2 N–H and O–H groups in total. The number of carbonyl (C=O) groups excluding carboxylic acids is 1. The molecule has 1 atom stereocenters. The van der Waals surface area contributed by atoms with E-state index in [1.807, 2.05) is 0 Å². The van der Waals surface area contributed by atoms with Crippen LogP contribution < -0.4 is 59.1 Å². The van der Waals surface area contributed by atoms with Gasteiger partial charge in [0.05, 0.1) is 18.1 Å². The third kappa shape index (κ3) is 13.0. The van der Waals surface area contributed by atoms with Gasteiger partial charge in [0.1, 0.15) is 6.61 Å². The topological polar surface area (TPSA) is 118 Å². The molecule has 18 heavy (non-hydrogen) atoms. The van der Waals surface area contributed by atoms with E-state index in [1.54, 1.807) is 0 Å². The maximum atomic E-state index is 11.2. The fourth-order valence-corrected chi connectivity index (χ4v) is 1.70. The maximum Gasteiger partial charge on any atom is 1.00 e. The summed E-state index contributed by atoms with van der Waals surface area (Å²) in [5.41, 5.74) is 0. The van der Waals surface area contributed by atoms with E-state index in [-0.39, 0.29) is 68.6 Å². The predicted molar refractivity (Wildman–Crippen MR) is 55.5 cm³/mol. The largest absolute Gasteiger partial charge is 1.00 e. The molecule has 0 saturated carbocycles. The maximum absolute atomic E-state index is 11.2. The predicted octanol–water partition coefficient (Wildman–Crippen LogP) is -6.07. The van der Waals surface area contributed by atoms with Crippen LogP contribution in [0.3, 0.4) is 0 Å². The normalized spacial score (nSPS) is 11.4. The van der Waals surface area contributed by atoms with E-state index in [0.29, 0.717) is 0 Å². The van der Waals surface area contributed by atoms with Crippen LogP contribution >= 0.6 is 0 Å². The number of aliphatic carboxylic acids is 1. The number of ether oxygens (including phenoxy) is 1. The molecule has 0 aliphatic heterocycles. The third-order valence-electron chi connectivity index (χ3n) is 1.51. The molecule has 0 bridgehead atoms. The van der Waals surface area contributed by atoms with Crippen molar-refractivity contribution >= 4 is 22.1 Å². The molecule has 0 saturated heterocycles. The smallest absolute Gasteiger partial charge is 1.00 e. The summed E-state index contributed by atoms with van der Waals surface area (Å²) >= 11 is 0. The fourth-order valence-electron chi connectivity index (χ4n) is 0.934.